The van der Waals surface area contributed by atoms with Gasteiger partial charge in [-0.2, -0.15) is 0 Å². The van der Waals surface area contributed by atoms with E-state index in [2.05, 4.69) is 6.42 Å². The van der Waals surface area contributed by atoms with Crippen molar-refractivity contribution in [2.45, 2.75) is 18.0 Å². The lowest BCUT2D eigenvalue weighted by Crippen LogP contribution is -2.58. The maximum absolute atomic E-state index is 12.9. The molecule has 4 nitrogen and oxygen atoms in total. The number of ether oxygens (including phenoxy) is 1. The van der Waals surface area contributed by atoms with Crippen LogP contribution in [0.1, 0.15) is 0 Å². The molecule has 0 aliphatic carbocycles. The molecule has 1 aliphatic rings. The highest BCUT2D eigenvalue weighted by Gasteiger charge is 2.43. The minimum absolute atomic E-state index is 0.116. The number of hydrogen-bond acceptors (Lipinski definition) is 4. The standard InChI is InChI=1S/C6H10FNO3/c7-6(8)1-2-11-4(3-9)5(6)10/h4-5,9-10H,2-3,8H2/t4-,5-,6+/m1/s1. The van der Waals surface area contributed by atoms with E-state index in [0.29, 0.717) is 0 Å². The maximum Gasteiger partial charge on any atom is 0.197 e. The molecule has 0 bridgehead atoms. The molecule has 0 saturated carbocycles. The van der Waals surface area contributed by atoms with Crippen LogP contribution in [0.25, 0.3) is 0 Å². The summed E-state index contributed by atoms with van der Waals surface area (Å²) in [4.78, 5) is 0. The number of aliphatic hydroxyl groups is 2. The Kier molecular flexibility index (Phi) is 2.43. The van der Waals surface area contributed by atoms with Crippen molar-refractivity contribution in [3.63, 3.8) is 0 Å². The average molecular weight is 163 g/mol. The number of hydrogen-bond donors (Lipinski definition) is 3. The van der Waals surface area contributed by atoms with Gasteiger partial charge in [0.25, 0.3) is 0 Å². The third-order valence-electron chi connectivity index (χ3n) is 1.60. The molecular weight excluding hydrogens is 153 g/mol. The summed E-state index contributed by atoms with van der Waals surface area (Å²) in [5, 5.41) is 17.6. The van der Waals surface area contributed by atoms with Gasteiger partial charge >= 0.3 is 0 Å². The first-order valence-electron chi connectivity index (χ1n) is 3.21. The van der Waals surface area contributed by atoms with Gasteiger partial charge in [-0.1, -0.05) is 0 Å². The summed E-state index contributed by atoms with van der Waals surface area (Å²) in [5.74, 6) is -2.37. The number of nitrogens with two attached hydrogens (primary N) is 1. The van der Waals surface area contributed by atoms with Gasteiger partial charge in [0.15, 0.2) is 5.79 Å². The lowest BCUT2D eigenvalue weighted by molar-refractivity contribution is -0.140. The molecule has 3 atom stereocenters. The van der Waals surface area contributed by atoms with E-state index >= 15 is 0 Å². The summed E-state index contributed by atoms with van der Waals surface area (Å²) < 4.78 is 17.7. The fourth-order valence-corrected chi connectivity index (χ4v) is 0.878. The van der Waals surface area contributed by atoms with Crippen LogP contribution in [0.2, 0.25) is 0 Å². The molecule has 64 valence electrons. The second-order valence-corrected chi connectivity index (χ2v) is 2.42. The van der Waals surface area contributed by atoms with Gasteiger partial charge in [0, 0.05) is 0 Å². The largest absolute Gasteiger partial charge is 0.394 e. The molecule has 0 aromatic heterocycles. The predicted octanol–water partition coefficient (Wildman–Crippen LogP) is -1.56. The van der Waals surface area contributed by atoms with Crippen LogP contribution in [-0.2, 0) is 4.74 Å². The van der Waals surface area contributed by atoms with Crippen LogP contribution in [0.3, 0.4) is 0 Å². The van der Waals surface area contributed by atoms with Crippen molar-refractivity contribution in [2.24, 2.45) is 5.73 Å². The average Bonchev–Trinajstić information content (AvgIpc) is 1.95. The normalized spacial score (nSPS) is 45.8. The zero-order chi connectivity index (χ0) is 8.48. The van der Waals surface area contributed by atoms with Crippen molar-refractivity contribution in [3.05, 3.63) is 6.42 Å². The SMILES string of the molecule is N[C@@]1(F)[C]CO[C@H](CO)[C@H]1O. The highest BCUT2D eigenvalue weighted by atomic mass is 19.1. The Morgan fingerprint density at radius 1 is 1.82 bits per heavy atom. The summed E-state index contributed by atoms with van der Waals surface area (Å²) in [6.07, 6.45) is -0.393. The number of rotatable bonds is 1. The predicted molar refractivity (Wildman–Crippen MR) is 34.1 cm³/mol. The molecule has 1 rings (SSSR count). The molecular formula is C6H10FNO3. The zero-order valence-electron chi connectivity index (χ0n) is 5.83. The zero-order valence-corrected chi connectivity index (χ0v) is 5.83. The Morgan fingerprint density at radius 2 is 2.45 bits per heavy atom. The molecule has 5 heteroatoms. The summed E-state index contributed by atoms with van der Waals surface area (Å²) in [6, 6.07) is 0. The highest BCUT2D eigenvalue weighted by molar-refractivity contribution is 5.01. The van der Waals surface area contributed by atoms with E-state index in [1.807, 2.05) is 0 Å². The maximum atomic E-state index is 12.9. The van der Waals surface area contributed by atoms with E-state index in [-0.39, 0.29) is 6.61 Å². The molecule has 0 amide bonds. The van der Waals surface area contributed by atoms with E-state index in [1.54, 1.807) is 0 Å². The minimum atomic E-state index is -2.37. The van der Waals surface area contributed by atoms with Crippen molar-refractivity contribution < 1.29 is 19.3 Å². The van der Waals surface area contributed by atoms with Crippen LogP contribution in [0, 0.1) is 6.42 Å². The number of aliphatic hydroxyl groups excluding tert-OH is 2. The van der Waals surface area contributed by atoms with Gasteiger partial charge < -0.3 is 14.9 Å². The molecule has 11 heavy (non-hydrogen) atoms. The molecule has 2 radical (unpaired) electrons. The molecule has 0 spiro atoms. The van der Waals surface area contributed by atoms with E-state index in [9.17, 15) is 4.39 Å². The Morgan fingerprint density at radius 3 is 2.91 bits per heavy atom. The first-order valence-corrected chi connectivity index (χ1v) is 3.21. The summed E-state index contributed by atoms with van der Waals surface area (Å²) >= 11 is 0. The van der Waals surface area contributed by atoms with Gasteiger partial charge in [-0.15, -0.1) is 0 Å². The quantitative estimate of drug-likeness (QED) is 0.409. The van der Waals surface area contributed by atoms with Gasteiger partial charge in [-0.3, -0.25) is 5.73 Å². The van der Waals surface area contributed by atoms with Gasteiger partial charge in [-0.25, -0.2) is 4.39 Å². The lowest BCUT2D eigenvalue weighted by atomic mass is 9.98. The number of halogens is 1. The molecule has 0 unspecified atom stereocenters. The summed E-state index contributed by atoms with van der Waals surface area (Å²) in [7, 11) is 0. The molecule has 0 aromatic rings. The van der Waals surface area contributed by atoms with Crippen LogP contribution >= 0.6 is 0 Å². The Labute approximate surface area is 63.8 Å². The molecule has 1 aliphatic heterocycles. The second-order valence-electron chi connectivity index (χ2n) is 2.42. The molecule has 1 heterocycles. The van der Waals surface area contributed by atoms with Crippen molar-refractivity contribution in [2.75, 3.05) is 13.2 Å². The van der Waals surface area contributed by atoms with Crippen LogP contribution in [-0.4, -0.2) is 41.4 Å². The van der Waals surface area contributed by atoms with Crippen LogP contribution < -0.4 is 5.73 Å². The summed E-state index contributed by atoms with van der Waals surface area (Å²) in [5.41, 5.74) is 4.97. The fraction of sp³-hybridized carbons (Fsp3) is 0.833. The minimum Gasteiger partial charge on any atom is -0.394 e. The van der Waals surface area contributed by atoms with Gasteiger partial charge in [-0.05, 0) is 0 Å². The van der Waals surface area contributed by atoms with Crippen LogP contribution in [0.15, 0.2) is 0 Å². The Balaban J connectivity index is 2.60. The third kappa shape index (κ3) is 1.67. The van der Waals surface area contributed by atoms with Gasteiger partial charge in [0.2, 0.25) is 0 Å². The van der Waals surface area contributed by atoms with Gasteiger partial charge in [0.05, 0.1) is 19.6 Å². The summed E-state index contributed by atoms with van der Waals surface area (Å²) in [6.45, 7) is -0.568. The Bertz CT molecular complexity index is 142. The van der Waals surface area contributed by atoms with Crippen molar-refractivity contribution in [3.8, 4) is 0 Å². The fourth-order valence-electron chi connectivity index (χ4n) is 0.878. The van der Waals surface area contributed by atoms with Crippen molar-refractivity contribution >= 4 is 0 Å². The van der Waals surface area contributed by atoms with Crippen molar-refractivity contribution in [1.29, 1.82) is 0 Å². The van der Waals surface area contributed by atoms with E-state index in [1.165, 1.54) is 0 Å². The molecule has 4 N–H and O–H groups in total. The topological polar surface area (TPSA) is 75.7 Å². The van der Waals surface area contributed by atoms with Gasteiger partial charge in [0.1, 0.15) is 12.2 Å². The molecule has 1 saturated heterocycles. The van der Waals surface area contributed by atoms with E-state index in [0.717, 1.165) is 0 Å². The third-order valence-corrected chi connectivity index (χ3v) is 1.60. The second kappa shape index (κ2) is 3.02. The number of alkyl halides is 1. The molecule has 1 fully saturated rings. The first kappa shape index (κ1) is 8.86. The van der Waals surface area contributed by atoms with Crippen LogP contribution in [0.5, 0.6) is 0 Å². The Hall–Kier alpha value is -0.230. The smallest absolute Gasteiger partial charge is 0.197 e. The monoisotopic (exact) mass is 163 g/mol. The van der Waals surface area contributed by atoms with E-state index < -0.39 is 24.6 Å². The van der Waals surface area contributed by atoms with Crippen molar-refractivity contribution in [1.82, 2.24) is 0 Å². The van der Waals surface area contributed by atoms with E-state index in [4.69, 9.17) is 20.7 Å². The first-order chi connectivity index (χ1) is 5.08. The lowest BCUT2D eigenvalue weighted by Gasteiger charge is -2.35. The molecule has 0 aromatic carbocycles. The highest BCUT2D eigenvalue weighted by Crippen LogP contribution is 2.22. The van der Waals surface area contributed by atoms with Crippen LogP contribution in [0.4, 0.5) is 4.39 Å².